The molecule has 1 unspecified atom stereocenters. The fourth-order valence-corrected chi connectivity index (χ4v) is 1.75. The van der Waals surface area contributed by atoms with Crippen LogP contribution in [0.3, 0.4) is 0 Å². The van der Waals surface area contributed by atoms with E-state index in [0.717, 1.165) is 6.54 Å². The predicted molar refractivity (Wildman–Crippen MR) is 67.1 cm³/mol. The third kappa shape index (κ3) is 4.48. The van der Waals surface area contributed by atoms with Crippen LogP contribution in [0.25, 0.3) is 0 Å². The van der Waals surface area contributed by atoms with Crippen LogP contribution in [0.15, 0.2) is 24.3 Å². The molecule has 1 heteroatoms. The maximum Gasteiger partial charge on any atom is 0.0291 e. The van der Waals surface area contributed by atoms with Gasteiger partial charge in [-0.3, -0.25) is 0 Å². The van der Waals surface area contributed by atoms with Crippen molar-refractivity contribution in [3.8, 4) is 0 Å². The summed E-state index contributed by atoms with van der Waals surface area (Å²) in [7, 11) is 0. The highest BCUT2D eigenvalue weighted by atomic mass is 14.9. The van der Waals surface area contributed by atoms with E-state index < -0.39 is 0 Å². The molecule has 0 saturated carbocycles. The van der Waals surface area contributed by atoms with Crippen LogP contribution < -0.4 is 5.32 Å². The maximum absolute atomic E-state index is 3.56. The Kier molecular flexibility index (Phi) is 5.41. The third-order valence-electron chi connectivity index (χ3n) is 2.77. The summed E-state index contributed by atoms with van der Waals surface area (Å²) in [5.74, 6) is 0. The first kappa shape index (κ1) is 12.3. The Hall–Kier alpha value is -0.820. The summed E-state index contributed by atoms with van der Waals surface area (Å²) < 4.78 is 0. The van der Waals surface area contributed by atoms with Gasteiger partial charge in [-0.15, -0.1) is 0 Å². The smallest absolute Gasteiger partial charge is 0.0291 e. The van der Waals surface area contributed by atoms with Gasteiger partial charge in [-0.2, -0.15) is 0 Å². The lowest BCUT2D eigenvalue weighted by atomic mass is 10.1. The van der Waals surface area contributed by atoms with Gasteiger partial charge in [0.2, 0.25) is 0 Å². The van der Waals surface area contributed by atoms with E-state index in [1.165, 1.54) is 30.4 Å². The second kappa shape index (κ2) is 6.62. The fraction of sp³-hybridized carbons (Fsp3) is 0.571. The number of unbranched alkanes of at least 4 members (excludes halogenated alkanes) is 2. The molecule has 0 saturated heterocycles. The molecule has 0 aliphatic rings. The molecule has 0 radical (unpaired) electrons. The van der Waals surface area contributed by atoms with E-state index in [0.29, 0.717) is 6.04 Å². The highest BCUT2D eigenvalue weighted by molar-refractivity contribution is 5.24. The van der Waals surface area contributed by atoms with Gasteiger partial charge in [-0.25, -0.2) is 0 Å². The minimum absolute atomic E-state index is 0.474. The molecule has 1 N–H and O–H groups in total. The molecule has 1 aromatic rings. The van der Waals surface area contributed by atoms with Gasteiger partial charge in [-0.05, 0) is 32.4 Å². The van der Waals surface area contributed by atoms with Gasteiger partial charge in [0.15, 0.2) is 0 Å². The van der Waals surface area contributed by atoms with Gasteiger partial charge in [0.05, 0.1) is 0 Å². The molecule has 0 heterocycles. The van der Waals surface area contributed by atoms with Gasteiger partial charge in [0, 0.05) is 6.04 Å². The number of rotatable bonds is 6. The van der Waals surface area contributed by atoms with E-state index in [2.05, 4.69) is 50.4 Å². The van der Waals surface area contributed by atoms with Crippen LogP contribution in [0.4, 0.5) is 0 Å². The van der Waals surface area contributed by atoms with Gasteiger partial charge < -0.3 is 5.32 Å². The monoisotopic (exact) mass is 205 g/mol. The number of hydrogen-bond acceptors (Lipinski definition) is 1. The van der Waals surface area contributed by atoms with Crippen LogP contribution in [0.1, 0.15) is 50.3 Å². The van der Waals surface area contributed by atoms with Crippen molar-refractivity contribution < 1.29 is 0 Å². The van der Waals surface area contributed by atoms with Crippen LogP contribution in [0.2, 0.25) is 0 Å². The SMILES string of the molecule is CCCCCNC(C)c1cccc(C)c1. The highest BCUT2D eigenvalue weighted by Gasteiger charge is 2.03. The first-order chi connectivity index (χ1) is 7.24. The molecule has 84 valence electrons. The quantitative estimate of drug-likeness (QED) is 0.696. The van der Waals surface area contributed by atoms with Crippen molar-refractivity contribution in [1.29, 1.82) is 0 Å². The van der Waals surface area contributed by atoms with Crippen LogP contribution in [0, 0.1) is 6.92 Å². The summed E-state index contributed by atoms with van der Waals surface area (Å²) in [4.78, 5) is 0. The molecular weight excluding hydrogens is 182 g/mol. The van der Waals surface area contributed by atoms with Crippen LogP contribution in [-0.2, 0) is 0 Å². The van der Waals surface area contributed by atoms with E-state index in [1.807, 2.05) is 0 Å². The lowest BCUT2D eigenvalue weighted by Crippen LogP contribution is -2.19. The van der Waals surface area contributed by atoms with Crippen LogP contribution >= 0.6 is 0 Å². The summed E-state index contributed by atoms with van der Waals surface area (Å²) >= 11 is 0. The zero-order chi connectivity index (χ0) is 11.1. The first-order valence-corrected chi connectivity index (χ1v) is 6.04. The zero-order valence-electron chi connectivity index (χ0n) is 10.2. The minimum Gasteiger partial charge on any atom is -0.310 e. The summed E-state index contributed by atoms with van der Waals surface area (Å²) in [6.07, 6.45) is 3.90. The second-order valence-electron chi connectivity index (χ2n) is 4.30. The largest absolute Gasteiger partial charge is 0.310 e. The van der Waals surface area contributed by atoms with Gasteiger partial charge in [0.25, 0.3) is 0 Å². The van der Waals surface area contributed by atoms with Crippen molar-refractivity contribution in [1.82, 2.24) is 5.32 Å². The average Bonchev–Trinajstić information content (AvgIpc) is 2.24. The molecule has 0 bridgehead atoms. The predicted octanol–water partition coefficient (Wildman–Crippen LogP) is 3.84. The molecule has 0 amide bonds. The lowest BCUT2D eigenvalue weighted by Gasteiger charge is -2.14. The van der Waals surface area contributed by atoms with E-state index >= 15 is 0 Å². The van der Waals surface area contributed by atoms with Crippen molar-refractivity contribution in [3.05, 3.63) is 35.4 Å². The maximum atomic E-state index is 3.56. The lowest BCUT2D eigenvalue weighted by molar-refractivity contribution is 0.544. The molecule has 0 aliphatic carbocycles. The summed E-state index contributed by atoms with van der Waals surface area (Å²) in [5, 5.41) is 3.56. The standard InChI is InChI=1S/C14H23N/c1-4-5-6-10-15-13(3)14-9-7-8-12(2)11-14/h7-9,11,13,15H,4-6,10H2,1-3H3. The Morgan fingerprint density at radius 3 is 2.73 bits per heavy atom. The molecule has 1 rings (SSSR count). The first-order valence-electron chi connectivity index (χ1n) is 6.04. The number of nitrogens with one attached hydrogen (secondary N) is 1. The molecule has 0 aromatic heterocycles. The number of hydrogen-bond donors (Lipinski definition) is 1. The Bertz CT molecular complexity index is 280. The van der Waals surface area contributed by atoms with Crippen LogP contribution in [0.5, 0.6) is 0 Å². The van der Waals surface area contributed by atoms with Gasteiger partial charge in [0.1, 0.15) is 0 Å². The van der Waals surface area contributed by atoms with Crippen LogP contribution in [-0.4, -0.2) is 6.54 Å². The molecule has 0 fully saturated rings. The van der Waals surface area contributed by atoms with E-state index in [9.17, 15) is 0 Å². The summed E-state index contributed by atoms with van der Waals surface area (Å²) in [6, 6.07) is 9.21. The number of benzene rings is 1. The van der Waals surface area contributed by atoms with Crippen molar-refractivity contribution in [2.24, 2.45) is 0 Å². The van der Waals surface area contributed by atoms with Crippen molar-refractivity contribution in [2.45, 2.75) is 46.1 Å². The Balaban J connectivity index is 2.36. The van der Waals surface area contributed by atoms with Gasteiger partial charge in [-0.1, -0.05) is 49.6 Å². The second-order valence-corrected chi connectivity index (χ2v) is 4.30. The Morgan fingerprint density at radius 1 is 1.27 bits per heavy atom. The molecular formula is C14H23N. The van der Waals surface area contributed by atoms with E-state index in [1.54, 1.807) is 0 Å². The van der Waals surface area contributed by atoms with Crippen molar-refractivity contribution >= 4 is 0 Å². The van der Waals surface area contributed by atoms with Gasteiger partial charge >= 0.3 is 0 Å². The van der Waals surface area contributed by atoms with E-state index in [-0.39, 0.29) is 0 Å². The summed E-state index contributed by atoms with van der Waals surface area (Å²) in [5.41, 5.74) is 2.74. The highest BCUT2D eigenvalue weighted by Crippen LogP contribution is 2.13. The zero-order valence-corrected chi connectivity index (χ0v) is 10.2. The molecule has 15 heavy (non-hydrogen) atoms. The normalized spacial score (nSPS) is 12.7. The molecule has 1 nitrogen and oxygen atoms in total. The number of aryl methyl sites for hydroxylation is 1. The van der Waals surface area contributed by atoms with Crippen molar-refractivity contribution in [3.63, 3.8) is 0 Å². The third-order valence-corrected chi connectivity index (χ3v) is 2.77. The summed E-state index contributed by atoms with van der Waals surface area (Å²) in [6.45, 7) is 7.75. The molecule has 0 spiro atoms. The average molecular weight is 205 g/mol. The molecule has 1 atom stereocenters. The Labute approximate surface area is 93.9 Å². The Morgan fingerprint density at radius 2 is 2.07 bits per heavy atom. The molecule has 1 aromatic carbocycles. The topological polar surface area (TPSA) is 12.0 Å². The minimum atomic E-state index is 0.474. The molecule has 0 aliphatic heterocycles. The fourth-order valence-electron chi connectivity index (χ4n) is 1.75. The van der Waals surface area contributed by atoms with E-state index in [4.69, 9.17) is 0 Å². The van der Waals surface area contributed by atoms with Crippen molar-refractivity contribution in [2.75, 3.05) is 6.54 Å².